The van der Waals surface area contributed by atoms with Crippen molar-refractivity contribution in [3.63, 3.8) is 0 Å². The van der Waals surface area contributed by atoms with Crippen molar-refractivity contribution in [1.29, 1.82) is 0 Å². The van der Waals surface area contributed by atoms with Gasteiger partial charge in [-0.1, -0.05) is 12.1 Å². The lowest BCUT2D eigenvalue weighted by Gasteiger charge is -2.21. The number of thiazole rings is 1. The Morgan fingerprint density at radius 1 is 1.17 bits per heavy atom. The van der Waals surface area contributed by atoms with E-state index < -0.39 is 0 Å². The van der Waals surface area contributed by atoms with Gasteiger partial charge in [0.25, 0.3) is 0 Å². The van der Waals surface area contributed by atoms with E-state index in [1.54, 1.807) is 11.3 Å². The van der Waals surface area contributed by atoms with E-state index in [4.69, 9.17) is 12.2 Å². The van der Waals surface area contributed by atoms with E-state index in [1.807, 2.05) is 0 Å². The van der Waals surface area contributed by atoms with Crippen molar-refractivity contribution in [3.8, 4) is 10.4 Å². The molecule has 1 aromatic heterocycles. The highest BCUT2D eigenvalue weighted by molar-refractivity contribution is 7.73. The van der Waals surface area contributed by atoms with Crippen molar-refractivity contribution in [3.05, 3.63) is 33.9 Å². The van der Waals surface area contributed by atoms with E-state index in [0.29, 0.717) is 0 Å². The molecule has 0 fully saturated rings. The van der Waals surface area contributed by atoms with Crippen molar-refractivity contribution < 1.29 is 0 Å². The van der Waals surface area contributed by atoms with E-state index in [-0.39, 0.29) is 0 Å². The van der Waals surface area contributed by atoms with Gasteiger partial charge in [0.2, 0.25) is 0 Å². The Labute approximate surface area is 117 Å². The van der Waals surface area contributed by atoms with E-state index >= 15 is 0 Å². The summed E-state index contributed by atoms with van der Waals surface area (Å²) in [5.41, 5.74) is 3.67. The lowest BCUT2D eigenvalue weighted by atomic mass is 10.1. The normalized spacial score (nSPS) is 10.6. The lowest BCUT2D eigenvalue weighted by molar-refractivity contribution is 0.866. The maximum absolute atomic E-state index is 5.18. The fourth-order valence-corrected chi connectivity index (χ4v) is 3.34. The molecule has 0 saturated carbocycles. The maximum Gasteiger partial charge on any atom is 0.159 e. The highest BCUT2D eigenvalue weighted by Crippen LogP contribution is 2.29. The van der Waals surface area contributed by atoms with Gasteiger partial charge in [-0.05, 0) is 50.7 Å². The number of nitrogens with zero attached hydrogens (tertiary/aromatic N) is 1. The van der Waals surface area contributed by atoms with Crippen LogP contribution in [0, 0.1) is 10.9 Å². The summed E-state index contributed by atoms with van der Waals surface area (Å²) in [6, 6.07) is 8.72. The summed E-state index contributed by atoms with van der Waals surface area (Å²) in [6.07, 6.45) is 0. The maximum atomic E-state index is 5.18. The Kier molecular flexibility index (Phi) is 4.19. The Morgan fingerprint density at radius 3 is 2.22 bits per heavy atom. The second kappa shape index (κ2) is 5.67. The fraction of sp³-hybridized carbons (Fsp3) is 0.357. The van der Waals surface area contributed by atoms with Crippen LogP contribution in [0.2, 0.25) is 0 Å². The lowest BCUT2D eigenvalue weighted by Crippen LogP contribution is -2.21. The van der Waals surface area contributed by atoms with Gasteiger partial charge < -0.3 is 9.88 Å². The number of hydrogen-bond donors (Lipinski definition) is 1. The number of aromatic amines is 1. The topological polar surface area (TPSA) is 19.0 Å². The van der Waals surface area contributed by atoms with Crippen LogP contribution in [0.3, 0.4) is 0 Å². The first kappa shape index (κ1) is 13.3. The van der Waals surface area contributed by atoms with Gasteiger partial charge in [-0.3, -0.25) is 0 Å². The third kappa shape index (κ3) is 2.65. The number of aryl methyl sites for hydroxylation is 1. The highest BCUT2D eigenvalue weighted by Gasteiger charge is 2.06. The standard InChI is InChI=1S/C14H18N2S2/c1-4-16(5-2)12-8-6-11(7-9-12)13-10(3)15-14(17)18-13/h6-9H,4-5H2,1-3H3,(H,15,17). The molecule has 2 aromatic rings. The number of nitrogens with one attached hydrogen (secondary N) is 1. The van der Waals surface area contributed by atoms with Crippen molar-refractivity contribution in [2.75, 3.05) is 18.0 Å². The Bertz CT molecular complexity index is 562. The highest BCUT2D eigenvalue weighted by atomic mass is 32.1. The zero-order valence-electron chi connectivity index (χ0n) is 11.0. The van der Waals surface area contributed by atoms with Crippen molar-refractivity contribution >= 4 is 29.2 Å². The molecule has 0 aliphatic heterocycles. The van der Waals surface area contributed by atoms with Gasteiger partial charge in [0, 0.05) is 24.5 Å². The molecule has 2 rings (SSSR count). The number of H-pyrrole nitrogens is 1. The summed E-state index contributed by atoms with van der Waals surface area (Å²) in [5.74, 6) is 0. The van der Waals surface area contributed by atoms with Crippen LogP contribution in [0.4, 0.5) is 5.69 Å². The van der Waals surface area contributed by atoms with Gasteiger partial charge in [0.05, 0.1) is 4.88 Å². The van der Waals surface area contributed by atoms with E-state index in [2.05, 4.69) is 54.9 Å². The van der Waals surface area contributed by atoms with Crippen LogP contribution in [0.15, 0.2) is 24.3 Å². The zero-order valence-corrected chi connectivity index (χ0v) is 12.6. The molecule has 0 spiro atoms. The molecular weight excluding hydrogens is 260 g/mol. The molecular formula is C14H18N2S2. The summed E-state index contributed by atoms with van der Waals surface area (Å²) < 4.78 is 0.843. The molecule has 96 valence electrons. The molecule has 0 radical (unpaired) electrons. The molecule has 4 heteroatoms. The molecule has 0 saturated heterocycles. The summed E-state index contributed by atoms with van der Waals surface area (Å²) in [4.78, 5) is 6.77. The van der Waals surface area contributed by atoms with Crippen LogP contribution in [0.1, 0.15) is 19.5 Å². The molecule has 0 bridgehead atoms. The minimum absolute atomic E-state index is 0.843. The van der Waals surface area contributed by atoms with Gasteiger partial charge in [0.15, 0.2) is 3.95 Å². The Balaban J connectivity index is 2.33. The number of anilines is 1. The SMILES string of the molecule is CCN(CC)c1ccc(-c2sc(=S)[nH]c2C)cc1. The Hall–Kier alpha value is -1.13. The quantitative estimate of drug-likeness (QED) is 0.822. The summed E-state index contributed by atoms with van der Waals surface area (Å²) in [6.45, 7) is 8.51. The minimum Gasteiger partial charge on any atom is -0.372 e. The molecule has 18 heavy (non-hydrogen) atoms. The monoisotopic (exact) mass is 278 g/mol. The first-order chi connectivity index (χ1) is 8.65. The van der Waals surface area contributed by atoms with Gasteiger partial charge in [-0.15, -0.1) is 11.3 Å². The average Bonchev–Trinajstić information content (AvgIpc) is 2.71. The first-order valence-electron chi connectivity index (χ1n) is 6.20. The Morgan fingerprint density at radius 2 is 1.78 bits per heavy atom. The third-order valence-electron chi connectivity index (χ3n) is 3.08. The van der Waals surface area contributed by atoms with E-state index in [9.17, 15) is 0 Å². The fourth-order valence-electron chi connectivity index (χ4n) is 2.09. The molecule has 0 aliphatic carbocycles. The largest absolute Gasteiger partial charge is 0.372 e. The van der Waals surface area contributed by atoms with Crippen LogP contribution in [0.25, 0.3) is 10.4 Å². The second-order valence-electron chi connectivity index (χ2n) is 4.19. The summed E-state index contributed by atoms with van der Waals surface area (Å²) >= 11 is 6.82. The summed E-state index contributed by atoms with van der Waals surface area (Å²) in [7, 11) is 0. The van der Waals surface area contributed by atoms with E-state index in [0.717, 1.165) is 22.7 Å². The third-order valence-corrected chi connectivity index (χ3v) is 4.47. The molecule has 0 aliphatic rings. The van der Waals surface area contributed by atoms with Crippen LogP contribution in [-0.2, 0) is 0 Å². The predicted octanol–water partition coefficient (Wildman–Crippen LogP) is 4.63. The number of benzene rings is 1. The smallest absolute Gasteiger partial charge is 0.159 e. The minimum atomic E-state index is 0.843. The molecule has 0 atom stereocenters. The van der Waals surface area contributed by atoms with Gasteiger partial charge in [-0.2, -0.15) is 0 Å². The molecule has 0 unspecified atom stereocenters. The van der Waals surface area contributed by atoms with Gasteiger partial charge in [-0.25, -0.2) is 0 Å². The van der Waals surface area contributed by atoms with Crippen LogP contribution in [0.5, 0.6) is 0 Å². The van der Waals surface area contributed by atoms with Crippen LogP contribution in [-0.4, -0.2) is 18.1 Å². The van der Waals surface area contributed by atoms with Crippen LogP contribution < -0.4 is 4.90 Å². The zero-order chi connectivity index (χ0) is 13.1. The van der Waals surface area contributed by atoms with Crippen molar-refractivity contribution in [1.82, 2.24) is 4.98 Å². The molecule has 0 amide bonds. The number of aromatic nitrogens is 1. The van der Waals surface area contributed by atoms with Gasteiger partial charge >= 0.3 is 0 Å². The predicted molar refractivity (Wildman–Crippen MR) is 83.2 cm³/mol. The first-order valence-corrected chi connectivity index (χ1v) is 7.43. The second-order valence-corrected chi connectivity index (χ2v) is 5.88. The van der Waals surface area contributed by atoms with Crippen LogP contribution >= 0.6 is 23.6 Å². The molecule has 1 N–H and O–H groups in total. The van der Waals surface area contributed by atoms with E-state index in [1.165, 1.54) is 16.1 Å². The number of rotatable bonds is 4. The van der Waals surface area contributed by atoms with Crippen molar-refractivity contribution in [2.45, 2.75) is 20.8 Å². The molecule has 1 aromatic carbocycles. The molecule has 1 heterocycles. The average molecular weight is 278 g/mol. The van der Waals surface area contributed by atoms with Crippen molar-refractivity contribution in [2.24, 2.45) is 0 Å². The van der Waals surface area contributed by atoms with Gasteiger partial charge in [0.1, 0.15) is 0 Å². The summed E-state index contributed by atoms with van der Waals surface area (Å²) in [5, 5.41) is 0. The number of hydrogen-bond acceptors (Lipinski definition) is 3. The molecule has 2 nitrogen and oxygen atoms in total.